The van der Waals surface area contributed by atoms with Crippen LogP contribution in [-0.2, 0) is 39.8 Å². The van der Waals surface area contributed by atoms with Crippen LogP contribution in [-0.4, -0.2) is 61.2 Å². The third-order valence-corrected chi connectivity index (χ3v) is 19.6. The first-order valence-electron chi connectivity index (χ1n) is 26.9. The van der Waals surface area contributed by atoms with E-state index in [9.17, 15) is 19.2 Å². The average Bonchev–Trinajstić information content (AvgIpc) is 3.38. The maximum atomic E-state index is 14.6. The first-order valence-corrected chi connectivity index (χ1v) is 26.9. The zero-order valence-electron chi connectivity index (χ0n) is 43.8. The first-order chi connectivity index (χ1) is 34.9. The Hall–Kier alpha value is -5.58. The van der Waals surface area contributed by atoms with Crippen molar-refractivity contribution >= 4 is 23.9 Å². The smallest absolute Gasteiger partial charge is 0.338 e. The number of fused-ring (bicyclic) bond motifs is 7. The molecule has 4 aromatic carbocycles. The van der Waals surface area contributed by atoms with E-state index in [1.807, 2.05) is 42.5 Å². The number of allylic oxidation sites excluding steroid dienone is 2. The molecule has 0 spiro atoms. The molecule has 386 valence electrons. The summed E-state index contributed by atoms with van der Waals surface area (Å²) in [5.74, 6) is -1.16. The molecule has 4 aromatic rings. The number of hydrogen-bond donors (Lipinski definition) is 0. The van der Waals surface area contributed by atoms with E-state index in [1.165, 1.54) is 5.57 Å². The van der Waals surface area contributed by atoms with Gasteiger partial charge in [-0.15, -0.1) is 0 Å². The quantitative estimate of drug-likeness (QED) is 0.0621. The van der Waals surface area contributed by atoms with Crippen molar-refractivity contribution in [3.05, 3.63) is 155 Å². The van der Waals surface area contributed by atoms with Crippen molar-refractivity contribution in [2.75, 3.05) is 6.61 Å². The SMILES string of the molecule is CC1(C)CC[C@]2(C(=O)OCc3ccccc3)CC[C@]3(C)C(=CC[C@@H]4[C@@]5(C)CC[C@H](O[C@@H]6OC[C@H](OC(=O)c7ccccc7)[C@H](OC(=O)c7ccccc7)[C@H]6OC(=O)c6ccccc6)C(C)(C)[C@@H]5CC[C@]43C)[C@@H]2C1. The van der Waals surface area contributed by atoms with Crippen LogP contribution in [0.3, 0.4) is 0 Å². The number of carbonyl (C=O) groups is 4. The van der Waals surface area contributed by atoms with Gasteiger partial charge in [0.1, 0.15) is 6.61 Å². The second kappa shape index (κ2) is 19.6. The van der Waals surface area contributed by atoms with Crippen molar-refractivity contribution in [3.63, 3.8) is 0 Å². The van der Waals surface area contributed by atoms with Crippen LogP contribution in [0.4, 0.5) is 0 Å². The molecule has 10 nitrogen and oxygen atoms in total. The largest absolute Gasteiger partial charge is 0.460 e. The maximum absolute atomic E-state index is 14.6. The Morgan fingerprint density at radius 2 is 1.14 bits per heavy atom. The van der Waals surface area contributed by atoms with E-state index in [4.69, 9.17) is 28.4 Å². The highest BCUT2D eigenvalue weighted by Gasteiger charge is 2.70. The van der Waals surface area contributed by atoms with Crippen LogP contribution in [0.15, 0.2) is 133 Å². The predicted molar refractivity (Wildman–Crippen MR) is 277 cm³/mol. The Morgan fingerprint density at radius 1 is 0.589 bits per heavy atom. The third-order valence-electron chi connectivity index (χ3n) is 19.6. The maximum Gasteiger partial charge on any atom is 0.338 e. The highest BCUT2D eigenvalue weighted by atomic mass is 16.7. The predicted octanol–water partition coefficient (Wildman–Crippen LogP) is 12.9. The average molecular weight is 991 g/mol. The van der Waals surface area contributed by atoms with Crippen LogP contribution in [0.5, 0.6) is 0 Å². The number of esters is 4. The van der Waals surface area contributed by atoms with Gasteiger partial charge < -0.3 is 28.4 Å². The van der Waals surface area contributed by atoms with E-state index in [2.05, 4.69) is 54.5 Å². The Kier molecular flexibility index (Phi) is 13.7. The second-order valence-corrected chi connectivity index (χ2v) is 24.4. The Bertz CT molecular complexity index is 2680. The topological polar surface area (TPSA) is 124 Å². The molecule has 1 aliphatic heterocycles. The molecule has 10 rings (SSSR count). The second-order valence-electron chi connectivity index (χ2n) is 24.4. The van der Waals surface area contributed by atoms with E-state index < -0.39 is 47.9 Å². The van der Waals surface area contributed by atoms with Gasteiger partial charge in [-0.05, 0) is 151 Å². The van der Waals surface area contributed by atoms with Crippen molar-refractivity contribution in [2.24, 2.45) is 50.2 Å². The fourth-order valence-electron chi connectivity index (χ4n) is 15.4. The molecule has 5 aliphatic carbocycles. The van der Waals surface area contributed by atoms with E-state index >= 15 is 0 Å². The normalized spacial score (nSPS) is 35.0. The van der Waals surface area contributed by atoms with Gasteiger partial charge >= 0.3 is 23.9 Å². The van der Waals surface area contributed by atoms with Gasteiger partial charge in [-0.25, -0.2) is 14.4 Å². The summed E-state index contributed by atoms with van der Waals surface area (Å²) in [5, 5.41) is 0. The molecule has 10 heteroatoms. The summed E-state index contributed by atoms with van der Waals surface area (Å²) in [7, 11) is 0. The molecular weight excluding hydrogens is 917 g/mol. The summed E-state index contributed by atoms with van der Waals surface area (Å²) in [6, 6.07) is 35.9. The molecule has 0 N–H and O–H groups in total. The molecular formula is C63H74O10. The van der Waals surface area contributed by atoms with Crippen LogP contribution >= 0.6 is 0 Å². The van der Waals surface area contributed by atoms with Crippen LogP contribution in [0.25, 0.3) is 0 Å². The number of benzene rings is 4. The van der Waals surface area contributed by atoms with Gasteiger partial charge in [0.15, 0.2) is 24.6 Å². The summed E-state index contributed by atoms with van der Waals surface area (Å²) in [5.41, 5.74) is 2.55. The van der Waals surface area contributed by atoms with Gasteiger partial charge in [-0.3, -0.25) is 4.79 Å². The minimum Gasteiger partial charge on any atom is -0.460 e. The Morgan fingerprint density at radius 3 is 1.74 bits per heavy atom. The molecule has 4 saturated carbocycles. The van der Waals surface area contributed by atoms with Crippen molar-refractivity contribution in [2.45, 2.75) is 150 Å². The number of hydrogen-bond acceptors (Lipinski definition) is 10. The van der Waals surface area contributed by atoms with Crippen molar-refractivity contribution in [3.8, 4) is 0 Å². The van der Waals surface area contributed by atoms with Crippen LogP contribution < -0.4 is 0 Å². The molecule has 0 unspecified atom stereocenters. The summed E-state index contributed by atoms with van der Waals surface area (Å²) in [6.07, 6.45) is 6.70. The van der Waals surface area contributed by atoms with Gasteiger partial charge in [-0.2, -0.15) is 0 Å². The van der Waals surface area contributed by atoms with Crippen molar-refractivity contribution < 1.29 is 47.6 Å². The van der Waals surface area contributed by atoms with Gasteiger partial charge in [0.05, 0.1) is 34.8 Å². The molecule has 5 fully saturated rings. The van der Waals surface area contributed by atoms with Gasteiger partial charge in [0, 0.05) is 0 Å². The summed E-state index contributed by atoms with van der Waals surface area (Å²) >= 11 is 0. The lowest BCUT2D eigenvalue weighted by Gasteiger charge is -2.71. The van der Waals surface area contributed by atoms with Crippen molar-refractivity contribution in [1.82, 2.24) is 0 Å². The molecule has 6 aliphatic rings. The molecule has 0 amide bonds. The Balaban J connectivity index is 0.928. The van der Waals surface area contributed by atoms with E-state index in [0.29, 0.717) is 29.2 Å². The highest BCUT2D eigenvalue weighted by molar-refractivity contribution is 5.91. The zero-order chi connectivity index (χ0) is 51.4. The molecule has 0 aromatic heterocycles. The molecule has 12 atom stereocenters. The van der Waals surface area contributed by atoms with Gasteiger partial charge in [0.2, 0.25) is 0 Å². The molecule has 1 saturated heterocycles. The van der Waals surface area contributed by atoms with Gasteiger partial charge in [-0.1, -0.05) is 145 Å². The molecule has 0 bridgehead atoms. The van der Waals surface area contributed by atoms with Crippen LogP contribution in [0.1, 0.15) is 149 Å². The molecule has 73 heavy (non-hydrogen) atoms. The zero-order valence-corrected chi connectivity index (χ0v) is 43.8. The van der Waals surface area contributed by atoms with E-state index in [1.54, 1.807) is 78.9 Å². The lowest BCUT2D eigenvalue weighted by atomic mass is 9.33. The molecule has 0 radical (unpaired) electrons. The molecule has 1 heterocycles. The fraction of sp³-hybridized carbons (Fsp3) is 0.524. The van der Waals surface area contributed by atoms with E-state index in [0.717, 1.165) is 69.8 Å². The third kappa shape index (κ3) is 9.17. The lowest BCUT2D eigenvalue weighted by Crippen LogP contribution is -2.66. The number of ether oxygens (including phenoxy) is 6. The van der Waals surface area contributed by atoms with Gasteiger partial charge in [0.25, 0.3) is 0 Å². The summed E-state index contributed by atoms with van der Waals surface area (Å²) < 4.78 is 38.7. The minimum absolute atomic E-state index is 0.000928. The minimum atomic E-state index is -1.30. The summed E-state index contributed by atoms with van der Waals surface area (Å²) in [6.45, 7) is 17.2. The number of rotatable bonds is 11. The van der Waals surface area contributed by atoms with E-state index in [-0.39, 0.29) is 57.6 Å². The van der Waals surface area contributed by atoms with Crippen LogP contribution in [0, 0.1) is 50.2 Å². The van der Waals surface area contributed by atoms with Crippen molar-refractivity contribution in [1.29, 1.82) is 0 Å². The van der Waals surface area contributed by atoms with Crippen LogP contribution in [0.2, 0.25) is 0 Å². The lowest BCUT2D eigenvalue weighted by molar-refractivity contribution is -0.306. The number of carbonyl (C=O) groups excluding carboxylic acids is 4. The first kappa shape index (κ1) is 50.9. The standard InChI is InChI=1S/C63H74O10/c1-58(2)34-36-63(57(67)69-39-41-20-12-8-13-21-41)37-35-61(6)45(46(63)38-58)28-29-49-60(5)32-31-50(59(3,4)48(60)30-33-62(49,61)7)71-56-52(73-55(66)44-26-18-11-19-27-44)51(72-54(65)43-24-16-10-17-25-43)47(40-68-56)70-53(64)42-22-14-9-15-23-42/h8-28,46-52,56H,29-40H2,1-7H3/t46-,47-,48-,49+,50-,51-,52+,56-,60-,61+,62+,63-/m0/s1. The highest BCUT2D eigenvalue weighted by Crippen LogP contribution is 2.76. The fourth-order valence-corrected chi connectivity index (χ4v) is 15.4. The Labute approximate surface area is 431 Å². The summed E-state index contributed by atoms with van der Waals surface area (Å²) in [4.78, 5) is 56.3. The monoisotopic (exact) mass is 991 g/mol.